The largest absolute Gasteiger partial charge is 0.457 e. The van der Waals surface area contributed by atoms with Gasteiger partial charge in [-0.15, -0.1) is 0 Å². The molecule has 3 heterocycles. The fourth-order valence-corrected chi connectivity index (χ4v) is 9.27. The topological polar surface area (TPSA) is 27.3 Å². The highest BCUT2D eigenvalue weighted by Crippen LogP contribution is 2.62. The molecule has 1 aliphatic carbocycles. The molecule has 3 heteroatoms. The molecule has 0 fully saturated rings. The number of nitrogens with zero attached hydrogens (tertiary/aromatic N) is 1. The highest BCUT2D eigenvalue weighted by atomic mass is 16.5. The molecule has 232 valence electrons. The highest BCUT2D eigenvalue weighted by Gasteiger charge is 2.51. The van der Waals surface area contributed by atoms with Gasteiger partial charge in [0, 0.05) is 44.4 Å². The van der Waals surface area contributed by atoms with Gasteiger partial charge >= 0.3 is 0 Å². The van der Waals surface area contributed by atoms with E-state index in [2.05, 4.69) is 156 Å². The standard InChI is InChI=1S/C47H27NO2/c1-2-12-30-28(11-1)21-23-40-46(30)35-26-39-45(27-41(35)48(40)29-22-24-43-34(25-29)33-15-5-9-19-42(33)49-43)50-44-20-10-8-18-38(44)47(39)36-16-6-3-13-31(36)32-14-4-7-17-37(32)47/h1-27H. The van der Waals surface area contributed by atoms with Crippen molar-refractivity contribution in [3.8, 4) is 28.3 Å². The van der Waals surface area contributed by atoms with Crippen LogP contribution in [0.4, 0.5) is 0 Å². The smallest absolute Gasteiger partial charge is 0.135 e. The first-order chi connectivity index (χ1) is 24.8. The number of hydrogen-bond acceptors (Lipinski definition) is 2. The Morgan fingerprint density at radius 2 is 1.10 bits per heavy atom. The number of hydrogen-bond donors (Lipinski definition) is 0. The predicted octanol–water partition coefficient (Wildman–Crippen LogP) is 12.3. The van der Waals surface area contributed by atoms with E-state index in [0.717, 1.165) is 50.2 Å². The van der Waals surface area contributed by atoms with Crippen molar-refractivity contribution in [3.05, 3.63) is 186 Å². The van der Waals surface area contributed by atoms with Gasteiger partial charge in [-0.2, -0.15) is 0 Å². The molecule has 0 bridgehead atoms. The van der Waals surface area contributed by atoms with Gasteiger partial charge in [-0.1, -0.05) is 115 Å². The van der Waals surface area contributed by atoms with E-state index >= 15 is 0 Å². The highest BCUT2D eigenvalue weighted by molar-refractivity contribution is 6.22. The molecular weight excluding hydrogens is 611 g/mol. The third-order valence-electron chi connectivity index (χ3n) is 11.2. The van der Waals surface area contributed by atoms with Gasteiger partial charge in [0.2, 0.25) is 0 Å². The van der Waals surface area contributed by atoms with E-state index in [1.54, 1.807) is 0 Å². The third-order valence-corrected chi connectivity index (χ3v) is 11.2. The van der Waals surface area contributed by atoms with Gasteiger partial charge in [0.05, 0.1) is 16.4 Å². The minimum Gasteiger partial charge on any atom is -0.457 e. The monoisotopic (exact) mass is 637 g/mol. The van der Waals surface area contributed by atoms with Crippen molar-refractivity contribution < 1.29 is 9.15 Å². The zero-order chi connectivity index (χ0) is 32.6. The third kappa shape index (κ3) is 3.16. The van der Waals surface area contributed by atoms with Crippen LogP contribution < -0.4 is 4.74 Å². The molecule has 0 saturated carbocycles. The molecule has 1 aliphatic heterocycles. The van der Waals surface area contributed by atoms with Crippen molar-refractivity contribution in [1.29, 1.82) is 0 Å². The lowest BCUT2D eigenvalue weighted by Gasteiger charge is -2.39. The van der Waals surface area contributed by atoms with Crippen molar-refractivity contribution in [1.82, 2.24) is 4.57 Å². The van der Waals surface area contributed by atoms with E-state index in [-0.39, 0.29) is 0 Å². The molecule has 0 amide bonds. The Morgan fingerprint density at radius 3 is 1.94 bits per heavy atom. The molecule has 0 atom stereocenters. The van der Waals surface area contributed by atoms with Gasteiger partial charge in [-0.3, -0.25) is 0 Å². The normalized spacial score (nSPS) is 13.9. The van der Waals surface area contributed by atoms with Crippen LogP contribution in [0.25, 0.3) is 71.3 Å². The molecule has 0 unspecified atom stereocenters. The minimum atomic E-state index is -0.529. The summed E-state index contributed by atoms with van der Waals surface area (Å²) in [7, 11) is 0. The molecule has 1 spiro atoms. The van der Waals surface area contributed by atoms with Crippen molar-refractivity contribution in [2.75, 3.05) is 0 Å². The second kappa shape index (κ2) is 9.31. The van der Waals surface area contributed by atoms with Crippen LogP contribution >= 0.6 is 0 Å². The maximum Gasteiger partial charge on any atom is 0.135 e. The molecule has 0 saturated heterocycles. The number of furan rings is 1. The fraction of sp³-hybridized carbons (Fsp3) is 0.0213. The second-order valence-electron chi connectivity index (χ2n) is 13.6. The Morgan fingerprint density at radius 1 is 0.420 bits per heavy atom. The molecule has 3 nitrogen and oxygen atoms in total. The Hall–Kier alpha value is -6.58. The summed E-state index contributed by atoms with van der Waals surface area (Å²) in [6, 6.07) is 59.3. The van der Waals surface area contributed by atoms with Crippen LogP contribution in [0.2, 0.25) is 0 Å². The first-order valence-electron chi connectivity index (χ1n) is 17.2. The van der Waals surface area contributed by atoms with Crippen LogP contribution in [0, 0.1) is 0 Å². The van der Waals surface area contributed by atoms with Crippen LogP contribution in [0.5, 0.6) is 11.5 Å². The lowest BCUT2D eigenvalue weighted by atomic mass is 9.66. The number of benzene rings is 8. The Labute approximate surface area is 287 Å². The summed E-state index contributed by atoms with van der Waals surface area (Å²) in [4.78, 5) is 0. The SMILES string of the molecule is c1ccc2c(c1)Oc1cc3c(cc1C21c2ccccc2-c2ccccc21)c1c2ccccc2ccc1n3-c1ccc2oc3ccccc3c2c1. The first-order valence-corrected chi connectivity index (χ1v) is 17.2. The maximum atomic E-state index is 6.96. The Kier molecular flexibility index (Phi) is 4.91. The number of para-hydroxylation sites is 2. The van der Waals surface area contributed by atoms with E-state index in [0.29, 0.717) is 0 Å². The zero-order valence-electron chi connectivity index (χ0n) is 26.9. The first kappa shape index (κ1) is 26.4. The summed E-state index contributed by atoms with van der Waals surface area (Å²) in [6.45, 7) is 0. The summed E-state index contributed by atoms with van der Waals surface area (Å²) in [5.74, 6) is 1.77. The molecule has 12 rings (SSSR count). The fourth-order valence-electron chi connectivity index (χ4n) is 9.27. The molecule has 0 radical (unpaired) electrons. The molecule has 10 aromatic rings. The summed E-state index contributed by atoms with van der Waals surface area (Å²) in [5, 5.41) is 7.13. The van der Waals surface area contributed by atoms with E-state index in [9.17, 15) is 0 Å². The van der Waals surface area contributed by atoms with Gasteiger partial charge in [0.15, 0.2) is 0 Å². The summed E-state index contributed by atoms with van der Waals surface area (Å²) in [5.41, 5.74) is 12.1. The summed E-state index contributed by atoms with van der Waals surface area (Å²) >= 11 is 0. The number of fused-ring (bicyclic) bond motifs is 17. The molecule has 0 N–H and O–H groups in total. The van der Waals surface area contributed by atoms with Crippen molar-refractivity contribution in [3.63, 3.8) is 0 Å². The number of rotatable bonds is 1. The Bertz CT molecular complexity index is 3040. The molecular formula is C47H27NO2. The lowest BCUT2D eigenvalue weighted by molar-refractivity contribution is 0.437. The van der Waals surface area contributed by atoms with E-state index in [1.807, 2.05) is 12.1 Å². The van der Waals surface area contributed by atoms with Gasteiger partial charge in [-0.05, 0) is 75.5 Å². The summed E-state index contributed by atoms with van der Waals surface area (Å²) < 4.78 is 15.6. The zero-order valence-corrected chi connectivity index (χ0v) is 26.9. The van der Waals surface area contributed by atoms with Gasteiger partial charge in [0.1, 0.15) is 22.7 Å². The van der Waals surface area contributed by atoms with Gasteiger partial charge in [0.25, 0.3) is 0 Å². The molecule has 50 heavy (non-hydrogen) atoms. The quantitative estimate of drug-likeness (QED) is 0.179. The number of aromatic nitrogens is 1. The van der Waals surface area contributed by atoms with Crippen molar-refractivity contribution >= 4 is 54.5 Å². The van der Waals surface area contributed by atoms with Crippen LogP contribution in [0.3, 0.4) is 0 Å². The predicted molar refractivity (Wildman–Crippen MR) is 203 cm³/mol. The minimum absolute atomic E-state index is 0.529. The average molecular weight is 638 g/mol. The van der Waals surface area contributed by atoms with Crippen molar-refractivity contribution in [2.24, 2.45) is 0 Å². The molecule has 2 aromatic heterocycles. The van der Waals surface area contributed by atoms with Crippen LogP contribution in [-0.4, -0.2) is 4.57 Å². The van der Waals surface area contributed by atoms with Crippen LogP contribution in [0.1, 0.15) is 22.3 Å². The van der Waals surface area contributed by atoms with Crippen LogP contribution in [-0.2, 0) is 5.41 Å². The molecule has 8 aromatic carbocycles. The number of ether oxygens (including phenoxy) is 1. The van der Waals surface area contributed by atoms with E-state index < -0.39 is 5.41 Å². The van der Waals surface area contributed by atoms with Gasteiger partial charge in [-0.25, -0.2) is 0 Å². The lowest BCUT2D eigenvalue weighted by Crippen LogP contribution is -2.32. The summed E-state index contributed by atoms with van der Waals surface area (Å²) in [6.07, 6.45) is 0. The van der Waals surface area contributed by atoms with E-state index in [1.165, 1.54) is 54.9 Å². The van der Waals surface area contributed by atoms with Crippen LogP contribution in [0.15, 0.2) is 168 Å². The second-order valence-corrected chi connectivity index (χ2v) is 13.6. The maximum absolute atomic E-state index is 6.96. The van der Waals surface area contributed by atoms with E-state index in [4.69, 9.17) is 9.15 Å². The average Bonchev–Trinajstić information content (AvgIpc) is 3.80. The Balaban J connectivity index is 1.25. The van der Waals surface area contributed by atoms with Crippen molar-refractivity contribution in [2.45, 2.75) is 5.41 Å². The van der Waals surface area contributed by atoms with Gasteiger partial charge < -0.3 is 13.7 Å². The molecule has 2 aliphatic rings.